The number of para-hydroxylation sites is 2. The lowest BCUT2D eigenvalue weighted by Gasteiger charge is -2.12. The molecule has 2 N–H and O–H groups in total. The second-order valence-electron chi connectivity index (χ2n) is 5.91. The highest BCUT2D eigenvalue weighted by Gasteiger charge is 2.06. The predicted molar refractivity (Wildman–Crippen MR) is 118 cm³/mol. The molecular weight excluding hydrogens is 439 g/mol. The van der Waals surface area contributed by atoms with Gasteiger partial charge < -0.3 is 19.8 Å². The van der Waals surface area contributed by atoms with Gasteiger partial charge in [0.2, 0.25) is 0 Å². The van der Waals surface area contributed by atoms with E-state index in [1.165, 1.54) is 5.52 Å². The van der Waals surface area contributed by atoms with Crippen LogP contribution in [0.15, 0.2) is 53.8 Å². The smallest absolute Gasteiger partial charge is 0.191 e. The van der Waals surface area contributed by atoms with Gasteiger partial charge in [-0.3, -0.25) is 4.99 Å². The molecule has 0 aliphatic rings. The molecule has 3 rings (SSSR count). The summed E-state index contributed by atoms with van der Waals surface area (Å²) in [5, 5.41) is 6.68. The van der Waals surface area contributed by atoms with Crippen LogP contribution in [-0.2, 0) is 13.1 Å². The molecule has 26 heavy (non-hydrogen) atoms. The van der Waals surface area contributed by atoms with Crippen molar-refractivity contribution in [2.45, 2.75) is 26.9 Å². The topological polar surface area (TPSA) is 59.2 Å². The maximum absolute atomic E-state index is 4.69. The summed E-state index contributed by atoms with van der Waals surface area (Å²) in [6.45, 7) is 8.26. The molecule has 0 aliphatic heterocycles. The van der Waals surface area contributed by atoms with Crippen LogP contribution in [-0.4, -0.2) is 39.7 Å². The Morgan fingerprint density at radius 2 is 1.85 bits per heavy atom. The number of aliphatic imine (C=N–C) groups is 1. The third-order valence-electron chi connectivity index (χ3n) is 4.11. The van der Waals surface area contributed by atoms with Gasteiger partial charge in [-0.05, 0) is 38.1 Å². The summed E-state index contributed by atoms with van der Waals surface area (Å²) in [7, 11) is 0. The minimum absolute atomic E-state index is 0. The van der Waals surface area contributed by atoms with Crippen molar-refractivity contribution in [1.82, 2.24) is 24.8 Å². The van der Waals surface area contributed by atoms with Crippen LogP contribution in [0.5, 0.6) is 0 Å². The highest BCUT2D eigenvalue weighted by atomic mass is 127. The number of benzene rings is 1. The maximum Gasteiger partial charge on any atom is 0.191 e. The van der Waals surface area contributed by atoms with Gasteiger partial charge in [-0.25, -0.2) is 4.98 Å². The fourth-order valence-electron chi connectivity index (χ4n) is 2.90. The number of nitrogens with zero attached hydrogens (tertiary/aromatic N) is 4. The molecule has 7 heteroatoms. The fourth-order valence-corrected chi connectivity index (χ4v) is 2.90. The van der Waals surface area contributed by atoms with E-state index in [2.05, 4.69) is 62.3 Å². The molecule has 1 aromatic carbocycles. The zero-order valence-electron chi connectivity index (χ0n) is 15.4. The van der Waals surface area contributed by atoms with Crippen LogP contribution >= 0.6 is 24.0 Å². The fraction of sp³-hybridized carbons (Fsp3) is 0.368. The Kier molecular flexibility index (Phi) is 7.96. The van der Waals surface area contributed by atoms with E-state index in [-0.39, 0.29) is 24.0 Å². The molecule has 0 bridgehead atoms. The van der Waals surface area contributed by atoms with Crippen molar-refractivity contribution in [3.63, 3.8) is 0 Å². The molecule has 0 saturated heterocycles. The standard InChI is InChI=1S/C19H26N6.HI/c1-3-20-19(21-10-14-24-12-6-7-13-24)22-11-15-25-16(2)23-17-8-4-5-9-18(17)25;/h4-9,12-13H,3,10-11,14-15H2,1-2H3,(H2,20,21,22);1H. The van der Waals surface area contributed by atoms with E-state index in [0.29, 0.717) is 6.54 Å². The highest BCUT2D eigenvalue weighted by Crippen LogP contribution is 2.14. The van der Waals surface area contributed by atoms with Crippen LogP contribution in [0, 0.1) is 6.92 Å². The van der Waals surface area contributed by atoms with Crippen LogP contribution < -0.4 is 10.6 Å². The number of aryl methyl sites for hydroxylation is 1. The molecule has 2 aromatic heterocycles. The van der Waals surface area contributed by atoms with E-state index in [9.17, 15) is 0 Å². The van der Waals surface area contributed by atoms with Gasteiger partial charge >= 0.3 is 0 Å². The van der Waals surface area contributed by atoms with Crippen molar-refractivity contribution in [2.24, 2.45) is 4.99 Å². The summed E-state index contributed by atoms with van der Waals surface area (Å²) in [5.41, 5.74) is 2.21. The number of aromatic nitrogens is 3. The predicted octanol–water partition coefficient (Wildman–Crippen LogP) is 3.02. The first-order valence-corrected chi connectivity index (χ1v) is 8.82. The van der Waals surface area contributed by atoms with Crippen molar-refractivity contribution in [3.05, 3.63) is 54.6 Å². The molecule has 6 nitrogen and oxygen atoms in total. The van der Waals surface area contributed by atoms with Gasteiger partial charge in [0.15, 0.2) is 5.96 Å². The molecule has 0 fully saturated rings. The van der Waals surface area contributed by atoms with Crippen LogP contribution in [0.1, 0.15) is 12.7 Å². The van der Waals surface area contributed by atoms with E-state index in [4.69, 9.17) is 4.99 Å². The van der Waals surface area contributed by atoms with Crippen LogP contribution in [0.2, 0.25) is 0 Å². The molecule has 0 aliphatic carbocycles. The van der Waals surface area contributed by atoms with Crippen LogP contribution in [0.25, 0.3) is 11.0 Å². The monoisotopic (exact) mass is 466 g/mol. The van der Waals surface area contributed by atoms with Crippen molar-refractivity contribution < 1.29 is 0 Å². The number of rotatable bonds is 7. The molecule has 0 amide bonds. The number of guanidine groups is 1. The molecular formula is C19H27IN6. The van der Waals surface area contributed by atoms with E-state index < -0.39 is 0 Å². The van der Waals surface area contributed by atoms with Gasteiger partial charge in [-0.2, -0.15) is 0 Å². The Balaban J connectivity index is 0.00000243. The average molecular weight is 466 g/mol. The van der Waals surface area contributed by atoms with Crippen molar-refractivity contribution >= 4 is 41.0 Å². The first-order chi connectivity index (χ1) is 12.3. The average Bonchev–Trinajstić information content (AvgIpc) is 3.23. The van der Waals surface area contributed by atoms with Gasteiger partial charge in [0.05, 0.1) is 17.6 Å². The summed E-state index contributed by atoms with van der Waals surface area (Å²) in [6.07, 6.45) is 4.14. The first-order valence-electron chi connectivity index (χ1n) is 8.82. The Bertz CT molecular complexity index is 822. The lowest BCUT2D eigenvalue weighted by Crippen LogP contribution is -2.39. The summed E-state index contributed by atoms with van der Waals surface area (Å²) in [6, 6.07) is 12.3. The summed E-state index contributed by atoms with van der Waals surface area (Å²) < 4.78 is 4.37. The number of imidazole rings is 1. The molecule has 0 atom stereocenters. The Labute approximate surface area is 171 Å². The lowest BCUT2D eigenvalue weighted by molar-refractivity contribution is 0.658. The van der Waals surface area contributed by atoms with Crippen molar-refractivity contribution in [2.75, 3.05) is 19.6 Å². The maximum atomic E-state index is 4.69. The normalized spacial score (nSPS) is 11.4. The van der Waals surface area contributed by atoms with Gasteiger partial charge in [0, 0.05) is 38.6 Å². The molecule has 3 aromatic rings. The van der Waals surface area contributed by atoms with E-state index in [1.54, 1.807) is 0 Å². The third-order valence-corrected chi connectivity index (χ3v) is 4.11. The Morgan fingerprint density at radius 3 is 2.62 bits per heavy atom. The number of fused-ring (bicyclic) bond motifs is 1. The van der Waals surface area contributed by atoms with Gasteiger partial charge in [-0.15, -0.1) is 24.0 Å². The summed E-state index contributed by atoms with van der Waals surface area (Å²) in [4.78, 5) is 9.30. The molecule has 0 saturated carbocycles. The van der Waals surface area contributed by atoms with Crippen LogP contribution in [0.3, 0.4) is 0 Å². The minimum atomic E-state index is 0. The van der Waals surface area contributed by atoms with E-state index in [1.807, 2.05) is 25.1 Å². The Morgan fingerprint density at radius 1 is 1.08 bits per heavy atom. The lowest BCUT2D eigenvalue weighted by atomic mass is 10.3. The molecule has 0 unspecified atom stereocenters. The summed E-state index contributed by atoms with van der Waals surface area (Å²) in [5.74, 6) is 1.89. The number of hydrogen-bond donors (Lipinski definition) is 2. The van der Waals surface area contributed by atoms with Crippen molar-refractivity contribution in [3.8, 4) is 0 Å². The zero-order chi connectivity index (χ0) is 17.5. The second-order valence-corrected chi connectivity index (χ2v) is 5.91. The van der Waals surface area contributed by atoms with Gasteiger partial charge in [0.1, 0.15) is 5.82 Å². The SMILES string of the molecule is CCNC(=NCCn1c(C)nc2ccccc21)NCCn1cccc1.I. The molecule has 2 heterocycles. The second kappa shape index (κ2) is 10.2. The minimum Gasteiger partial charge on any atom is -0.357 e. The third kappa shape index (κ3) is 5.23. The first kappa shape index (κ1) is 20.3. The number of hydrogen-bond acceptors (Lipinski definition) is 2. The summed E-state index contributed by atoms with van der Waals surface area (Å²) >= 11 is 0. The highest BCUT2D eigenvalue weighted by molar-refractivity contribution is 14.0. The van der Waals surface area contributed by atoms with E-state index in [0.717, 1.165) is 43.5 Å². The number of nitrogens with one attached hydrogen (secondary N) is 2. The Hall–Kier alpha value is -2.03. The molecule has 0 radical (unpaired) electrons. The van der Waals surface area contributed by atoms with Gasteiger partial charge in [0.25, 0.3) is 0 Å². The number of halogens is 1. The van der Waals surface area contributed by atoms with Crippen LogP contribution in [0.4, 0.5) is 0 Å². The zero-order valence-corrected chi connectivity index (χ0v) is 17.7. The quantitative estimate of drug-likeness (QED) is 0.320. The largest absolute Gasteiger partial charge is 0.357 e. The van der Waals surface area contributed by atoms with E-state index >= 15 is 0 Å². The molecule has 140 valence electrons. The van der Waals surface area contributed by atoms with Gasteiger partial charge in [-0.1, -0.05) is 12.1 Å². The van der Waals surface area contributed by atoms with Crippen molar-refractivity contribution in [1.29, 1.82) is 0 Å². The molecule has 0 spiro atoms.